The van der Waals surface area contributed by atoms with Crippen molar-refractivity contribution in [1.29, 1.82) is 0 Å². The van der Waals surface area contributed by atoms with Crippen LogP contribution >= 0.6 is 23.1 Å². The van der Waals surface area contributed by atoms with Crippen LogP contribution in [0.2, 0.25) is 0 Å². The first kappa shape index (κ1) is 21.4. The third-order valence-corrected chi connectivity index (χ3v) is 6.12. The smallest absolute Gasteiger partial charge is 0.263 e. The van der Waals surface area contributed by atoms with Gasteiger partial charge in [-0.05, 0) is 19.4 Å². The van der Waals surface area contributed by atoms with E-state index < -0.39 is 0 Å². The van der Waals surface area contributed by atoms with Crippen molar-refractivity contribution in [2.75, 3.05) is 40.1 Å². The number of rotatable bonds is 8. The van der Waals surface area contributed by atoms with Crippen molar-refractivity contribution in [3.05, 3.63) is 20.8 Å². The normalized spacial score (nSPS) is 11.0. The van der Waals surface area contributed by atoms with E-state index >= 15 is 0 Å². The van der Waals surface area contributed by atoms with Crippen LogP contribution < -0.4 is 10.9 Å². The van der Waals surface area contributed by atoms with E-state index in [2.05, 4.69) is 10.3 Å². The van der Waals surface area contributed by atoms with Gasteiger partial charge in [0.25, 0.3) is 5.56 Å². The molecule has 8 nitrogen and oxygen atoms in total. The van der Waals surface area contributed by atoms with Crippen LogP contribution in [0.15, 0.2) is 9.95 Å². The highest BCUT2D eigenvalue weighted by atomic mass is 32.2. The van der Waals surface area contributed by atoms with Crippen molar-refractivity contribution in [2.24, 2.45) is 0 Å². The number of methoxy groups -OCH3 is 1. The molecule has 0 spiro atoms. The number of hydrogen-bond donors (Lipinski definition) is 1. The molecule has 2 aromatic rings. The van der Waals surface area contributed by atoms with Gasteiger partial charge in [-0.25, -0.2) is 4.98 Å². The summed E-state index contributed by atoms with van der Waals surface area (Å²) in [6.45, 7) is 4.54. The Hall–Kier alpha value is -1.91. The summed E-state index contributed by atoms with van der Waals surface area (Å²) in [7, 11) is 4.82. The highest BCUT2D eigenvalue weighted by Gasteiger charge is 2.17. The average molecular weight is 413 g/mol. The quantitative estimate of drug-likeness (QED) is 0.514. The maximum Gasteiger partial charge on any atom is 0.263 e. The van der Waals surface area contributed by atoms with Crippen LogP contribution in [0, 0.1) is 13.8 Å². The number of carbonyl (C=O) groups is 2. The average Bonchev–Trinajstić information content (AvgIpc) is 2.91. The number of thioether (sulfide) groups is 1. The number of thiophene rings is 1. The molecule has 0 radical (unpaired) electrons. The summed E-state index contributed by atoms with van der Waals surface area (Å²) < 4.78 is 6.65. The van der Waals surface area contributed by atoms with Gasteiger partial charge in [0.05, 0.1) is 30.8 Å². The summed E-state index contributed by atoms with van der Waals surface area (Å²) in [5.74, 6) is -0.412. The van der Waals surface area contributed by atoms with Gasteiger partial charge in [0.1, 0.15) is 4.83 Å². The number of likely N-dealkylation sites (N-methyl/N-ethyl adjacent to an activating group) is 1. The lowest BCUT2D eigenvalue weighted by atomic mass is 10.2. The maximum absolute atomic E-state index is 12.9. The predicted molar refractivity (Wildman–Crippen MR) is 108 cm³/mol. The molecule has 2 aromatic heterocycles. The molecule has 0 fully saturated rings. The summed E-state index contributed by atoms with van der Waals surface area (Å²) in [5, 5.41) is 3.67. The van der Waals surface area contributed by atoms with E-state index in [-0.39, 0.29) is 29.7 Å². The molecule has 10 heteroatoms. The van der Waals surface area contributed by atoms with Crippen LogP contribution in [0.3, 0.4) is 0 Å². The Bertz CT molecular complexity index is 904. The van der Waals surface area contributed by atoms with E-state index in [1.165, 1.54) is 28.0 Å². The standard InChI is InChI=1S/C17H24N4O4S2/c1-10-11(2)27-15-14(10)16(24)21(6-7-25-5)17(19-15)26-9-12(22)18-8-13(23)20(3)4/h6-9H2,1-5H3,(H,18,22). The highest BCUT2D eigenvalue weighted by Crippen LogP contribution is 2.28. The fourth-order valence-electron chi connectivity index (χ4n) is 2.31. The monoisotopic (exact) mass is 412 g/mol. The number of nitrogens with one attached hydrogen (secondary N) is 1. The number of fused-ring (bicyclic) bond motifs is 1. The van der Waals surface area contributed by atoms with Crippen LogP contribution in [0.4, 0.5) is 0 Å². The molecule has 2 amide bonds. The maximum atomic E-state index is 12.9. The first-order valence-corrected chi connectivity index (χ1v) is 10.2. The van der Waals surface area contributed by atoms with Crippen LogP contribution in [0.25, 0.3) is 10.2 Å². The van der Waals surface area contributed by atoms with E-state index in [4.69, 9.17) is 4.74 Å². The Morgan fingerprint density at radius 3 is 2.67 bits per heavy atom. The number of ether oxygens (including phenoxy) is 1. The first-order chi connectivity index (χ1) is 12.8. The molecule has 0 atom stereocenters. The summed E-state index contributed by atoms with van der Waals surface area (Å²) >= 11 is 2.65. The second kappa shape index (κ2) is 9.34. The summed E-state index contributed by atoms with van der Waals surface area (Å²) in [6, 6.07) is 0. The van der Waals surface area contributed by atoms with Gasteiger partial charge in [-0.1, -0.05) is 11.8 Å². The predicted octanol–water partition coefficient (Wildman–Crippen LogP) is 1.02. The Labute approximate surface area is 165 Å². The molecule has 2 rings (SSSR count). The van der Waals surface area contributed by atoms with Crippen molar-refractivity contribution in [1.82, 2.24) is 19.8 Å². The van der Waals surface area contributed by atoms with Gasteiger partial charge in [0, 0.05) is 26.1 Å². The van der Waals surface area contributed by atoms with Crippen molar-refractivity contribution >= 4 is 45.1 Å². The number of amides is 2. The number of carbonyl (C=O) groups excluding carboxylic acids is 2. The summed E-state index contributed by atoms with van der Waals surface area (Å²) in [5.41, 5.74) is 0.819. The van der Waals surface area contributed by atoms with Gasteiger partial charge in [-0.2, -0.15) is 0 Å². The minimum Gasteiger partial charge on any atom is -0.383 e. The minimum absolute atomic E-state index is 0.0569. The number of hydrogen-bond acceptors (Lipinski definition) is 7. The molecule has 0 bridgehead atoms. The Kier molecular flexibility index (Phi) is 7.40. The van der Waals surface area contributed by atoms with Gasteiger partial charge in [-0.15, -0.1) is 11.3 Å². The molecule has 1 N–H and O–H groups in total. The largest absolute Gasteiger partial charge is 0.383 e. The SMILES string of the molecule is COCCn1c(SCC(=O)NCC(=O)N(C)C)nc2sc(C)c(C)c2c1=O. The zero-order chi connectivity index (χ0) is 20.1. The first-order valence-electron chi connectivity index (χ1n) is 8.35. The third kappa shape index (κ3) is 5.08. The van der Waals surface area contributed by atoms with Crippen molar-refractivity contribution in [2.45, 2.75) is 25.5 Å². The number of nitrogens with zero attached hydrogens (tertiary/aromatic N) is 3. The lowest BCUT2D eigenvalue weighted by molar-refractivity contribution is -0.130. The third-order valence-electron chi connectivity index (χ3n) is 4.04. The molecule has 0 saturated heterocycles. The molecular formula is C17H24N4O4S2. The molecule has 0 aromatic carbocycles. The highest BCUT2D eigenvalue weighted by molar-refractivity contribution is 7.99. The Balaban J connectivity index is 2.22. The van der Waals surface area contributed by atoms with Gasteiger partial charge in [0.2, 0.25) is 11.8 Å². The Morgan fingerprint density at radius 2 is 2.04 bits per heavy atom. The van der Waals surface area contributed by atoms with E-state index in [0.29, 0.717) is 28.5 Å². The fraction of sp³-hybridized carbons (Fsp3) is 0.529. The second-order valence-electron chi connectivity index (χ2n) is 6.16. The lowest BCUT2D eigenvalue weighted by Crippen LogP contribution is -2.37. The van der Waals surface area contributed by atoms with Crippen molar-refractivity contribution < 1.29 is 14.3 Å². The molecule has 2 heterocycles. The zero-order valence-electron chi connectivity index (χ0n) is 16.1. The number of aromatic nitrogens is 2. The van der Waals surface area contributed by atoms with Crippen LogP contribution in [0.5, 0.6) is 0 Å². The summed E-state index contributed by atoms with van der Waals surface area (Å²) in [6.07, 6.45) is 0. The van der Waals surface area contributed by atoms with Gasteiger partial charge < -0.3 is 15.0 Å². The van der Waals surface area contributed by atoms with Gasteiger partial charge >= 0.3 is 0 Å². The molecule has 0 aliphatic rings. The van der Waals surface area contributed by atoms with E-state index in [1.807, 2.05) is 13.8 Å². The van der Waals surface area contributed by atoms with Crippen LogP contribution in [-0.2, 0) is 20.9 Å². The Morgan fingerprint density at radius 1 is 1.33 bits per heavy atom. The van der Waals surface area contributed by atoms with Gasteiger partial charge in [-0.3, -0.25) is 19.0 Å². The molecule has 0 aliphatic carbocycles. The molecular weight excluding hydrogens is 388 g/mol. The molecule has 0 unspecified atom stereocenters. The van der Waals surface area contributed by atoms with Gasteiger partial charge in [0.15, 0.2) is 5.16 Å². The van der Waals surface area contributed by atoms with Crippen molar-refractivity contribution in [3.63, 3.8) is 0 Å². The minimum atomic E-state index is -0.290. The summed E-state index contributed by atoms with van der Waals surface area (Å²) in [4.78, 5) is 44.3. The van der Waals surface area contributed by atoms with E-state index in [9.17, 15) is 14.4 Å². The van der Waals surface area contributed by atoms with Crippen LogP contribution in [-0.4, -0.2) is 66.4 Å². The second-order valence-corrected chi connectivity index (χ2v) is 8.31. The molecule has 27 heavy (non-hydrogen) atoms. The molecule has 0 saturated carbocycles. The zero-order valence-corrected chi connectivity index (χ0v) is 17.8. The topological polar surface area (TPSA) is 93.5 Å². The molecule has 0 aliphatic heterocycles. The lowest BCUT2D eigenvalue weighted by Gasteiger charge is -2.13. The van der Waals surface area contributed by atoms with Crippen LogP contribution in [0.1, 0.15) is 10.4 Å². The van der Waals surface area contributed by atoms with E-state index in [0.717, 1.165) is 10.4 Å². The number of aryl methyl sites for hydroxylation is 2. The van der Waals surface area contributed by atoms with E-state index in [1.54, 1.807) is 25.8 Å². The fourth-order valence-corrected chi connectivity index (χ4v) is 4.24. The molecule has 148 valence electrons. The van der Waals surface area contributed by atoms with Crippen molar-refractivity contribution in [3.8, 4) is 0 Å².